The number of thioether (sulfide) groups is 1. The number of ether oxygens (including phenoxy) is 1. The Morgan fingerprint density at radius 1 is 1.09 bits per heavy atom. The van der Waals surface area contributed by atoms with E-state index in [0.717, 1.165) is 52.6 Å². The average Bonchev–Trinajstić information content (AvgIpc) is 3.57. The molecule has 1 saturated carbocycles. The predicted molar refractivity (Wildman–Crippen MR) is 221 cm³/mol. The number of aliphatic hydroxyl groups excluding tert-OH is 1. The molecule has 2 saturated heterocycles. The van der Waals surface area contributed by atoms with Gasteiger partial charge < -0.3 is 40.7 Å². The number of halogens is 1. The Kier molecular flexibility index (Phi) is 14.0. The summed E-state index contributed by atoms with van der Waals surface area (Å²) >= 11 is 3.17. The van der Waals surface area contributed by atoms with Gasteiger partial charge in [-0.1, -0.05) is 51.1 Å². The number of hydrogen-bond donors (Lipinski definition) is 5. The number of aliphatic hydroxyl groups is 1. The summed E-state index contributed by atoms with van der Waals surface area (Å²) in [4.78, 5) is 61.9. The highest BCUT2D eigenvalue weighted by molar-refractivity contribution is 7.99. The summed E-state index contributed by atoms with van der Waals surface area (Å²) in [5.41, 5.74) is 1.64. The third-order valence-corrected chi connectivity index (χ3v) is 13.2. The van der Waals surface area contributed by atoms with Crippen LogP contribution in [0.25, 0.3) is 10.4 Å². The number of alkyl halides is 1. The summed E-state index contributed by atoms with van der Waals surface area (Å²) in [6.45, 7) is 10.3. The van der Waals surface area contributed by atoms with Gasteiger partial charge in [-0.3, -0.25) is 14.4 Å². The van der Waals surface area contributed by atoms with Gasteiger partial charge in [0.1, 0.15) is 17.8 Å². The topological polar surface area (TPSA) is 173 Å². The molecule has 314 valence electrons. The Bertz CT molecular complexity index is 1920. The van der Waals surface area contributed by atoms with E-state index in [2.05, 4.69) is 25.8 Å². The summed E-state index contributed by atoms with van der Waals surface area (Å²) in [5, 5.41) is 28.2. The van der Waals surface area contributed by atoms with E-state index in [1.165, 1.54) is 16.2 Å². The van der Waals surface area contributed by atoms with E-state index in [4.69, 9.17) is 4.74 Å². The van der Waals surface area contributed by atoms with Crippen LogP contribution in [0.2, 0.25) is 0 Å². The number of carbonyl (C=O) groups is 4. The van der Waals surface area contributed by atoms with Crippen LogP contribution in [0.15, 0.2) is 58.9 Å². The van der Waals surface area contributed by atoms with Crippen molar-refractivity contribution in [3.63, 3.8) is 0 Å². The largest absolute Gasteiger partial charge is 0.493 e. The van der Waals surface area contributed by atoms with Crippen LogP contribution in [-0.2, 0) is 20.9 Å². The zero-order valence-corrected chi connectivity index (χ0v) is 35.2. The first kappa shape index (κ1) is 43.3. The van der Waals surface area contributed by atoms with E-state index in [-0.39, 0.29) is 38.4 Å². The molecule has 5 N–H and O–H groups in total. The third kappa shape index (κ3) is 11.3. The lowest BCUT2D eigenvalue weighted by molar-refractivity contribution is -0.145. The van der Waals surface area contributed by atoms with Crippen LogP contribution in [0.5, 0.6) is 5.75 Å². The van der Waals surface area contributed by atoms with Crippen LogP contribution >= 0.6 is 23.1 Å². The fourth-order valence-electron chi connectivity index (χ4n) is 7.37. The normalized spacial score (nSPS) is 20.1. The SMILES string of the molecule is Cc1ncsc1-c1ccc(CNC(=O)[C@@H]2C[C@@H](O)CN2C(=O)C(NC(=O)C2(F)CC2)C(C)(C)C)c(OCCC2CN(CCC(CSc3ccccc3)NC(=O)O)C2)c1. The van der Waals surface area contributed by atoms with E-state index in [9.17, 15) is 33.8 Å². The molecule has 4 amide bonds. The number of aromatic nitrogens is 1. The molecule has 3 aromatic rings. The zero-order chi connectivity index (χ0) is 41.6. The highest BCUT2D eigenvalue weighted by Gasteiger charge is 2.53. The number of nitrogens with one attached hydrogen (secondary N) is 3. The first-order chi connectivity index (χ1) is 27.6. The van der Waals surface area contributed by atoms with E-state index in [1.54, 1.807) is 38.0 Å². The number of carboxylic acid groups (broad SMARTS) is 1. The van der Waals surface area contributed by atoms with Gasteiger partial charge in [0.2, 0.25) is 11.8 Å². The Morgan fingerprint density at radius 2 is 1.83 bits per heavy atom. The maximum absolute atomic E-state index is 14.6. The third-order valence-electron chi connectivity index (χ3n) is 11.0. The molecule has 3 heterocycles. The van der Waals surface area contributed by atoms with Crippen molar-refractivity contribution in [1.29, 1.82) is 0 Å². The molecule has 4 atom stereocenters. The van der Waals surface area contributed by atoms with Gasteiger partial charge in [-0.15, -0.1) is 23.1 Å². The molecule has 1 aromatic heterocycles. The molecule has 0 radical (unpaired) electrons. The van der Waals surface area contributed by atoms with Gasteiger partial charge in [-0.2, -0.15) is 0 Å². The lowest BCUT2D eigenvalue weighted by Gasteiger charge is -2.40. The van der Waals surface area contributed by atoms with Crippen molar-refractivity contribution < 1.29 is 38.5 Å². The molecule has 6 rings (SSSR count). The second-order valence-corrected chi connectivity index (χ2v) is 18.7. The number of likely N-dealkylation sites (tertiary alicyclic amines) is 2. The minimum absolute atomic E-state index is 0.0319. The number of benzene rings is 2. The molecule has 16 heteroatoms. The van der Waals surface area contributed by atoms with Gasteiger partial charge in [0, 0.05) is 61.4 Å². The summed E-state index contributed by atoms with van der Waals surface area (Å²) in [5.74, 6) is -0.107. The number of thiazole rings is 1. The summed E-state index contributed by atoms with van der Waals surface area (Å²) in [7, 11) is 0. The fourth-order valence-corrected chi connectivity index (χ4v) is 9.17. The predicted octanol–water partition coefficient (Wildman–Crippen LogP) is 5.25. The summed E-state index contributed by atoms with van der Waals surface area (Å²) < 4.78 is 21.0. The summed E-state index contributed by atoms with van der Waals surface area (Å²) in [6.07, 6.45) is -0.163. The number of hydrogen-bond acceptors (Lipinski definition) is 10. The molecule has 0 bridgehead atoms. The smallest absolute Gasteiger partial charge is 0.404 e. The minimum atomic E-state index is -1.97. The van der Waals surface area contributed by atoms with Crippen LogP contribution in [0.1, 0.15) is 64.1 Å². The van der Waals surface area contributed by atoms with E-state index < -0.39 is 53.1 Å². The van der Waals surface area contributed by atoms with Gasteiger partial charge in [-0.05, 0) is 67.7 Å². The molecule has 2 aromatic carbocycles. The van der Waals surface area contributed by atoms with Crippen molar-refractivity contribution in [2.75, 3.05) is 38.5 Å². The van der Waals surface area contributed by atoms with Crippen LogP contribution in [0.4, 0.5) is 9.18 Å². The zero-order valence-electron chi connectivity index (χ0n) is 33.5. The number of carbonyl (C=O) groups excluding carboxylic acids is 3. The average molecular weight is 839 g/mol. The Morgan fingerprint density at radius 3 is 2.48 bits per heavy atom. The first-order valence-corrected chi connectivity index (χ1v) is 21.8. The van der Waals surface area contributed by atoms with Crippen LogP contribution < -0.4 is 20.7 Å². The van der Waals surface area contributed by atoms with E-state index in [1.807, 2.05) is 55.5 Å². The maximum atomic E-state index is 14.6. The highest BCUT2D eigenvalue weighted by atomic mass is 32.2. The van der Waals surface area contributed by atoms with Crippen molar-refractivity contribution in [2.24, 2.45) is 11.3 Å². The molecule has 1 aliphatic carbocycles. The number of rotatable bonds is 18. The lowest BCUT2D eigenvalue weighted by atomic mass is 9.85. The quantitative estimate of drug-likeness (QED) is 0.107. The monoisotopic (exact) mass is 838 g/mol. The van der Waals surface area contributed by atoms with E-state index >= 15 is 0 Å². The van der Waals surface area contributed by atoms with E-state index in [0.29, 0.717) is 30.4 Å². The first-order valence-electron chi connectivity index (χ1n) is 19.9. The van der Waals surface area contributed by atoms with Crippen molar-refractivity contribution in [3.8, 4) is 16.2 Å². The molecule has 2 aliphatic heterocycles. The van der Waals surface area contributed by atoms with Crippen LogP contribution in [0.3, 0.4) is 0 Å². The van der Waals surface area contributed by atoms with Gasteiger partial charge in [0.15, 0.2) is 5.67 Å². The van der Waals surface area contributed by atoms with Crippen molar-refractivity contribution in [1.82, 2.24) is 30.7 Å². The van der Waals surface area contributed by atoms with Crippen LogP contribution in [0, 0.1) is 18.3 Å². The second kappa shape index (κ2) is 18.8. The van der Waals surface area contributed by atoms with Crippen molar-refractivity contribution in [2.45, 2.75) is 101 Å². The highest BCUT2D eigenvalue weighted by Crippen LogP contribution is 2.40. The Balaban J connectivity index is 1.04. The van der Waals surface area contributed by atoms with Gasteiger partial charge in [0.05, 0.1) is 28.8 Å². The molecular weight excluding hydrogens is 784 g/mol. The molecule has 58 heavy (non-hydrogen) atoms. The molecule has 0 spiro atoms. The second-order valence-electron chi connectivity index (χ2n) is 16.8. The van der Waals surface area contributed by atoms with Gasteiger partial charge in [0.25, 0.3) is 5.91 Å². The Labute approximate surface area is 347 Å². The number of amides is 4. The fraction of sp³-hybridized carbons (Fsp3) is 0.548. The van der Waals surface area contributed by atoms with Crippen LogP contribution in [-0.4, -0.2) is 117 Å². The lowest BCUT2D eigenvalue weighted by Crippen LogP contribution is -2.59. The van der Waals surface area contributed by atoms with Gasteiger partial charge in [-0.25, -0.2) is 14.2 Å². The van der Waals surface area contributed by atoms with Crippen molar-refractivity contribution in [3.05, 3.63) is 65.3 Å². The molecule has 13 nitrogen and oxygen atoms in total. The number of nitrogens with zero attached hydrogens (tertiary/aromatic N) is 3. The van der Waals surface area contributed by atoms with Crippen molar-refractivity contribution >= 4 is 46.9 Å². The number of β-amino-alcohol motifs (C(OH)–C–C–N with tert-alkyl or cyclic N) is 1. The number of aryl methyl sites for hydroxylation is 1. The summed E-state index contributed by atoms with van der Waals surface area (Å²) in [6, 6.07) is 13.6. The minimum Gasteiger partial charge on any atom is -0.493 e. The molecular formula is C42H55FN6O7S2. The molecule has 3 fully saturated rings. The molecule has 3 aliphatic rings. The maximum Gasteiger partial charge on any atom is 0.404 e. The standard InChI is InChI=1S/C42H55FN6O7S2/c1-26-35(58-25-45-26)28-10-11-29(20-44-37(51)33-19-31(50)23-49(33)38(52)36(41(2,3)4)47-39(53)42(43)14-15-42)34(18-28)56-17-13-27-21-48(22-27)16-12-30(46-40(54)55)24-57-32-8-6-5-7-9-32/h5-11,18,25,27,30-31,33,36,46,50H,12-17,19-24H2,1-4H3,(H,44,51)(H,47,53)(H,54,55)/t30?,31-,33+,36?/m1/s1. The molecule has 2 unspecified atom stereocenters. The Hall–Kier alpha value is -4.25. The van der Waals surface area contributed by atoms with Gasteiger partial charge >= 0.3 is 6.09 Å².